The molecule has 11 heavy (non-hydrogen) atoms. The SMILES string of the molecule is O=Cc1ccccc1C=NO. The van der Waals surface area contributed by atoms with Crippen molar-refractivity contribution in [2.24, 2.45) is 5.16 Å². The van der Waals surface area contributed by atoms with E-state index in [1.54, 1.807) is 24.3 Å². The second-order valence-corrected chi connectivity index (χ2v) is 1.99. The summed E-state index contributed by atoms with van der Waals surface area (Å²) in [7, 11) is 0. The standard InChI is InChI=1S/C8H7NO2/c10-6-8-4-2-1-3-7(8)5-9-11/h1-6,11H. The van der Waals surface area contributed by atoms with Crippen LogP contribution in [0.4, 0.5) is 0 Å². The molecule has 3 nitrogen and oxygen atoms in total. The summed E-state index contributed by atoms with van der Waals surface area (Å²) < 4.78 is 0. The Kier molecular flexibility index (Phi) is 2.38. The van der Waals surface area contributed by atoms with E-state index in [4.69, 9.17) is 5.21 Å². The van der Waals surface area contributed by atoms with Gasteiger partial charge in [0, 0.05) is 11.1 Å². The number of carbonyl (C=O) groups excluding carboxylic acids is 1. The molecule has 0 saturated heterocycles. The van der Waals surface area contributed by atoms with Crippen molar-refractivity contribution in [3.63, 3.8) is 0 Å². The zero-order valence-electron chi connectivity index (χ0n) is 5.77. The molecule has 0 atom stereocenters. The minimum absolute atomic E-state index is 0.519. The average molecular weight is 149 g/mol. The van der Waals surface area contributed by atoms with Crippen LogP contribution in [0.15, 0.2) is 29.4 Å². The van der Waals surface area contributed by atoms with Gasteiger partial charge in [0.05, 0.1) is 6.21 Å². The second kappa shape index (κ2) is 3.51. The summed E-state index contributed by atoms with van der Waals surface area (Å²) >= 11 is 0. The monoisotopic (exact) mass is 149 g/mol. The number of benzene rings is 1. The fourth-order valence-electron chi connectivity index (χ4n) is 0.798. The van der Waals surface area contributed by atoms with Crippen molar-refractivity contribution in [2.75, 3.05) is 0 Å². The molecule has 0 unspecified atom stereocenters. The Labute approximate surface area is 64.0 Å². The molecule has 0 fully saturated rings. The first-order chi connectivity index (χ1) is 5.38. The molecule has 3 heteroatoms. The molecule has 1 N–H and O–H groups in total. The second-order valence-electron chi connectivity index (χ2n) is 1.99. The maximum Gasteiger partial charge on any atom is 0.150 e. The molecule has 1 rings (SSSR count). The smallest absolute Gasteiger partial charge is 0.150 e. The van der Waals surface area contributed by atoms with E-state index in [1.165, 1.54) is 6.21 Å². The summed E-state index contributed by atoms with van der Waals surface area (Å²) in [6.07, 6.45) is 1.95. The molecule has 0 saturated carbocycles. The lowest BCUT2D eigenvalue weighted by Crippen LogP contribution is -1.89. The predicted octanol–water partition coefficient (Wildman–Crippen LogP) is 1.31. The lowest BCUT2D eigenvalue weighted by atomic mass is 10.1. The normalized spacial score (nSPS) is 10.2. The van der Waals surface area contributed by atoms with Gasteiger partial charge in [-0.2, -0.15) is 0 Å². The Morgan fingerprint density at radius 1 is 1.27 bits per heavy atom. The Hall–Kier alpha value is -1.64. The number of oxime groups is 1. The largest absolute Gasteiger partial charge is 0.411 e. The van der Waals surface area contributed by atoms with Crippen molar-refractivity contribution >= 4 is 12.5 Å². The molecule has 0 heterocycles. The van der Waals surface area contributed by atoms with Crippen LogP contribution < -0.4 is 0 Å². The number of rotatable bonds is 2. The van der Waals surface area contributed by atoms with Gasteiger partial charge in [0.2, 0.25) is 0 Å². The van der Waals surface area contributed by atoms with Crippen molar-refractivity contribution in [3.8, 4) is 0 Å². The Bertz CT molecular complexity index is 281. The molecular weight excluding hydrogens is 142 g/mol. The third-order valence-electron chi connectivity index (χ3n) is 1.32. The number of hydrogen-bond acceptors (Lipinski definition) is 3. The number of nitrogens with zero attached hydrogens (tertiary/aromatic N) is 1. The van der Waals surface area contributed by atoms with Gasteiger partial charge in [0.1, 0.15) is 0 Å². The molecule has 0 aromatic heterocycles. The summed E-state index contributed by atoms with van der Waals surface area (Å²) in [5, 5.41) is 11.0. The minimum Gasteiger partial charge on any atom is -0.411 e. The van der Waals surface area contributed by atoms with Gasteiger partial charge in [-0.1, -0.05) is 29.4 Å². The van der Waals surface area contributed by atoms with Gasteiger partial charge in [0.15, 0.2) is 6.29 Å². The van der Waals surface area contributed by atoms with Crippen LogP contribution in [0.3, 0.4) is 0 Å². The van der Waals surface area contributed by atoms with Crippen LogP contribution in [0.25, 0.3) is 0 Å². The predicted molar refractivity (Wildman–Crippen MR) is 41.2 cm³/mol. The quantitative estimate of drug-likeness (QED) is 0.298. The molecule has 0 aliphatic heterocycles. The summed E-state index contributed by atoms with van der Waals surface area (Å²) in [5.41, 5.74) is 1.13. The Balaban J connectivity index is 3.11. The van der Waals surface area contributed by atoms with Crippen LogP contribution in [-0.4, -0.2) is 17.7 Å². The maximum atomic E-state index is 10.4. The Morgan fingerprint density at radius 3 is 2.45 bits per heavy atom. The van der Waals surface area contributed by atoms with E-state index < -0.39 is 0 Å². The van der Waals surface area contributed by atoms with Crippen molar-refractivity contribution in [2.45, 2.75) is 0 Å². The van der Waals surface area contributed by atoms with Crippen LogP contribution >= 0.6 is 0 Å². The number of carbonyl (C=O) groups is 1. The van der Waals surface area contributed by atoms with Crippen molar-refractivity contribution in [1.82, 2.24) is 0 Å². The zero-order chi connectivity index (χ0) is 8.10. The van der Waals surface area contributed by atoms with Gasteiger partial charge in [-0.15, -0.1) is 0 Å². The molecule has 0 spiro atoms. The number of aldehydes is 1. The highest BCUT2D eigenvalue weighted by Gasteiger charge is 1.94. The third kappa shape index (κ3) is 1.64. The van der Waals surface area contributed by atoms with Crippen molar-refractivity contribution < 1.29 is 10.0 Å². The van der Waals surface area contributed by atoms with Gasteiger partial charge >= 0.3 is 0 Å². The summed E-state index contributed by atoms with van der Waals surface area (Å²) in [6, 6.07) is 6.87. The van der Waals surface area contributed by atoms with Gasteiger partial charge in [-0.3, -0.25) is 4.79 Å². The van der Waals surface area contributed by atoms with Crippen molar-refractivity contribution in [1.29, 1.82) is 0 Å². The number of hydrogen-bond donors (Lipinski definition) is 1. The lowest BCUT2D eigenvalue weighted by molar-refractivity contribution is 0.112. The Morgan fingerprint density at radius 2 is 1.91 bits per heavy atom. The third-order valence-corrected chi connectivity index (χ3v) is 1.32. The van der Waals surface area contributed by atoms with Crippen LogP contribution in [0.2, 0.25) is 0 Å². The van der Waals surface area contributed by atoms with Crippen LogP contribution in [0.1, 0.15) is 15.9 Å². The van der Waals surface area contributed by atoms with E-state index in [0.29, 0.717) is 11.1 Å². The highest BCUT2D eigenvalue weighted by molar-refractivity contribution is 5.91. The fourth-order valence-corrected chi connectivity index (χ4v) is 0.798. The van der Waals surface area contributed by atoms with Crippen LogP contribution in [0.5, 0.6) is 0 Å². The lowest BCUT2D eigenvalue weighted by Gasteiger charge is -1.93. The van der Waals surface area contributed by atoms with E-state index in [1.807, 2.05) is 0 Å². The first kappa shape index (κ1) is 7.47. The molecule has 1 aromatic carbocycles. The van der Waals surface area contributed by atoms with Crippen LogP contribution in [-0.2, 0) is 0 Å². The highest BCUT2D eigenvalue weighted by atomic mass is 16.4. The van der Waals surface area contributed by atoms with E-state index in [2.05, 4.69) is 5.16 Å². The molecule has 0 radical (unpaired) electrons. The highest BCUT2D eigenvalue weighted by Crippen LogP contribution is 2.02. The van der Waals surface area contributed by atoms with Gasteiger partial charge in [-0.25, -0.2) is 0 Å². The van der Waals surface area contributed by atoms with Crippen molar-refractivity contribution in [3.05, 3.63) is 35.4 Å². The van der Waals surface area contributed by atoms with Gasteiger partial charge in [-0.05, 0) is 0 Å². The molecule has 0 amide bonds. The minimum atomic E-state index is 0.519. The molecule has 0 aliphatic carbocycles. The average Bonchev–Trinajstić information content (AvgIpc) is 2.06. The topological polar surface area (TPSA) is 49.7 Å². The molecule has 0 aliphatic rings. The van der Waals surface area contributed by atoms with Gasteiger partial charge in [0.25, 0.3) is 0 Å². The summed E-state index contributed by atoms with van der Waals surface area (Å²) in [4.78, 5) is 10.4. The molecule has 1 aromatic rings. The molecular formula is C8H7NO2. The van der Waals surface area contributed by atoms with E-state index in [0.717, 1.165) is 6.29 Å². The summed E-state index contributed by atoms with van der Waals surface area (Å²) in [6.45, 7) is 0. The van der Waals surface area contributed by atoms with Gasteiger partial charge < -0.3 is 5.21 Å². The first-order valence-electron chi connectivity index (χ1n) is 3.10. The summed E-state index contributed by atoms with van der Waals surface area (Å²) in [5.74, 6) is 0. The molecule has 56 valence electrons. The fraction of sp³-hybridized carbons (Fsp3) is 0. The molecule has 0 bridgehead atoms. The van der Waals surface area contributed by atoms with E-state index >= 15 is 0 Å². The van der Waals surface area contributed by atoms with Crippen LogP contribution in [0, 0.1) is 0 Å². The van der Waals surface area contributed by atoms with E-state index in [-0.39, 0.29) is 0 Å². The van der Waals surface area contributed by atoms with E-state index in [9.17, 15) is 4.79 Å². The first-order valence-corrected chi connectivity index (χ1v) is 3.10. The zero-order valence-corrected chi connectivity index (χ0v) is 5.77. The maximum absolute atomic E-state index is 10.4.